The smallest absolute Gasteiger partial charge is 0.198 e. The Labute approximate surface area is 143 Å². The highest BCUT2D eigenvalue weighted by Gasteiger charge is 2.36. The molecule has 6 nitrogen and oxygen atoms in total. The second-order valence-corrected chi connectivity index (χ2v) is 9.31. The van der Waals surface area contributed by atoms with E-state index in [4.69, 9.17) is 4.52 Å². The molecule has 0 aliphatic heterocycles. The molecule has 1 atom stereocenters. The molecule has 0 N–H and O–H groups in total. The van der Waals surface area contributed by atoms with Gasteiger partial charge in [0.2, 0.25) is 0 Å². The molecule has 1 aliphatic carbocycles. The van der Waals surface area contributed by atoms with Gasteiger partial charge in [-0.05, 0) is 48.5 Å². The molecular weight excluding hydrogens is 350 g/mol. The molecule has 1 saturated carbocycles. The molecule has 1 fully saturated rings. The summed E-state index contributed by atoms with van der Waals surface area (Å²) in [5.74, 6) is -0.228. The summed E-state index contributed by atoms with van der Waals surface area (Å²) in [5, 5.41) is 3.53. The third-order valence-electron chi connectivity index (χ3n) is 4.13. The molecule has 1 unspecified atom stereocenters. The van der Waals surface area contributed by atoms with Gasteiger partial charge in [0.05, 0.1) is 11.8 Å². The standard InChI is InChI=1S/C16H17NO5S2/c1-9-12(14(18)11-7-17-22-8-11)6-13(10-4-5-10)16(24(3,20)21)15(9)23(2)19/h6-8,10H,4-5H2,1-3H3. The molecule has 0 spiro atoms. The van der Waals surface area contributed by atoms with Crippen LogP contribution in [0.15, 0.2) is 32.8 Å². The van der Waals surface area contributed by atoms with Gasteiger partial charge in [-0.25, -0.2) is 8.42 Å². The lowest BCUT2D eigenvalue weighted by molar-refractivity contribution is 0.103. The molecule has 128 valence electrons. The minimum atomic E-state index is -3.57. The van der Waals surface area contributed by atoms with Gasteiger partial charge in [0, 0.05) is 17.4 Å². The Morgan fingerprint density at radius 1 is 1.42 bits per heavy atom. The number of nitrogens with zero attached hydrogens (tertiary/aromatic N) is 1. The maximum Gasteiger partial charge on any atom is 0.198 e. The molecule has 3 rings (SSSR count). The van der Waals surface area contributed by atoms with Crippen molar-refractivity contribution in [3.05, 3.63) is 40.8 Å². The third kappa shape index (κ3) is 3.01. The Kier molecular flexibility index (Phi) is 4.31. The van der Waals surface area contributed by atoms with Gasteiger partial charge in [-0.3, -0.25) is 4.79 Å². The van der Waals surface area contributed by atoms with Crippen molar-refractivity contribution in [1.29, 1.82) is 0 Å². The molecule has 24 heavy (non-hydrogen) atoms. The van der Waals surface area contributed by atoms with E-state index in [0.29, 0.717) is 16.7 Å². The summed E-state index contributed by atoms with van der Waals surface area (Å²) in [6.07, 6.45) is 6.83. The van der Waals surface area contributed by atoms with E-state index in [9.17, 15) is 17.8 Å². The van der Waals surface area contributed by atoms with Gasteiger partial charge in [-0.1, -0.05) is 5.16 Å². The van der Waals surface area contributed by atoms with Crippen molar-refractivity contribution in [2.75, 3.05) is 12.5 Å². The first-order valence-electron chi connectivity index (χ1n) is 7.37. The number of ketones is 1. The molecule has 0 amide bonds. The summed E-state index contributed by atoms with van der Waals surface area (Å²) in [4.78, 5) is 13.1. The number of hydrogen-bond donors (Lipinski definition) is 0. The number of aromatic nitrogens is 1. The van der Waals surface area contributed by atoms with Crippen LogP contribution in [0.2, 0.25) is 0 Å². The van der Waals surface area contributed by atoms with Crippen LogP contribution >= 0.6 is 0 Å². The van der Waals surface area contributed by atoms with Crippen molar-refractivity contribution in [2.45, 2.75) is 35.5 Å². The van der Waals surface area contributed by atoms with Crippen molar-refractivity contribution in [1.82, 2.24) is 5.16 Å². The van der Waals surface area contributed by atoms with E-state index in [0.717, 1.165) is 19.1 Å². The zero-order valence-electron chi connectivity index (χ0n) is 13.5. The van der Waals surface area contributed by atoms with Gasteiger partial charge in [0.1, 0.15) is 17.4 Å². The molecule has 1 aromatic heterocycles. The van der Waals surface area contributed by atoms with Crippen LogP contribution in [0.4, 0.5) is 0 Å². The SMILES string of the molecule is Cc1c(C(=O)c2cnoc2)cc(C2CC2)c(S(C)(=O)=O)c1[S+](C)[O-]. The predicted molar refractivity (Wildman–Crippen MR) is 88.5 cm³/mol. The average molecular weight is 367 g/mol. The summed E-state index contributed by atoms with van der Waals surface area (Å²) in [6, 6.07) is 1.63. The lowest BCUT2D eigenvalue weighted by Crippen LogP contribution is -2.16. The molecule has 0 radical (unpaired) electrons. The normalized spacial score (nSPS) is 16.2. The highest BCUT2D eigenvalue weighted by atomic mass is 32.2. The Morgan fingerprint density at radius 3 is 2.54 bits per heavy atom. The van der Waals surface area contributed by atoms with Crippen molar-refractivity contribution in [2.24, 2.45) is 0 Å². The van der Waals surface area contributed by atoms with Crippen LogP contribution in [0.5, 0.6) is 0 Å². The largest absolute Gasteiger partial charge is 0.612 e. The second kappa shape index (κ2) is 6.02. The Hall–Kier alpha value is -1.64. The van der Waals surface area contributed by atoms with Crippen LogP contribution in [0.25, 0.3) is 0 Å². The number of carbonyl (C=O) groups excluding carboxylic acids is 1. The highest BCUT2D eigenvalue weighted by Crippen LogP contribution is 2.46. The summed E-state index contributed by atoms with van der Waals surface area (Å²) >= 11 is -1.54. The number of sulfone groups is 1. The van der Waals surface area contributed by atoms with E-state index in [1.165, 1.54) is 18.7 Å². The fraction of sp³-hybridized carbons (Fsp3) is 0.375. The van der Waals surface area contributed by atoms with Crippen LogP contribution in [0, 0.1) is 6.92 Å². The van der Waals surface area contributed by atoms with Crippen LogP contribution in [0.3, 0.4) is 0 Å². The quantitative estimate of drug-likeness (QED) is 0.593. The maximum absolute atomic E-state index is 12.7. The second-order valence-electron chi connectivity index (χ2n) is 6.04. The fourth-order valence-corrected chi connectivity index (χ4v) is 5.76. The summed E-state index contributed by atoms with van der Waals surface area (Å²) < 4.78 is 41.7. The molecule has 1 heterocycles. The lowest BCUT2D eigenvalue weighted by Gasteiger charge is -2.18. The summed E-state index contributed by atoms with van der Waals surface area (Å²) in [5.41, 5.74) is 1.64. The first kappa shape index (κ1) is 17.2. The minimum absolute atomic E-state index is 0.0895. The number of benzene rings is 1. The van der Waals surface area contributed by atoms with E-state index in [2.05, 4.69) is 5.16 Å². The minimum Gasteiger partial charge on any atom is -0.612 e. The Morgan fingerprint density at radius 2 is 2.08 bits per heavy atom. The first-order valence-corrected chi connectivity index (χ1v) is 10.8. The Bertz CT molecular complexity index is 897. The first-order chi connectivity index (χ1) is 11.2. The van der Waals surface area contributed by atoms with E-state index >= 15 is 0 Å². The number of carbonyl (C=O) groups is 1. The monoisotopic (exact) mass is 367 g/mol. The Balaban J connectivity index is 2.31. The molecule has 8 heteroatoms. The van der Waals surface area contributed by atoms with Crippen molar-refractivity contribution in [3.8, 4) is 0 Å². The van der Waals surface area contributed by atoms with Crippen LogP contribution in [-0.2, 0) is 21.0 Å². The van der Waals surface area contributed by atoms with E-state index in [1.54, 1.807) is 13.0 Å². The van der Waals surface area contributed by atoms with Gasteiger partial charge in [0.15, 0.2) is 20.5 Å². The highest BCUT2D eigenvalue weighted by molar-refractivity contribution is 7.93. The van der Waals surface area contributed by atoms with Crippen LogP contribution in [-0.4, -0.2) is 36.4 Å². The zero-order chi connectivity index (χ0) is 17.6. The summed E-state index contributed by atoms with van der Waals surface area (Å²) in [6.45, 7) is 1.63. The van der Waals surface area contributed by atoms with Crippen LogP contribution < -0.4 is 0 Å². The molecule has 0 bridgehead atoms. The van der Waals surface area contributed by atoms with E-state index < -0.39 is 21.0 Å². The van der Waals surface area contributed by atoms with Gasteiger partial charge < -0.3 is 9.08 Å². The van der Waals surface area contributed by atoms with Crippen molar-refractivity contribution < 1.29 is 22.3 Å². The maximum atomic E-state index is 12.7. The van der Waals surface area contributed by atoms with Crippen molar-refractivity contribution in [3.63, 3.8) is 0 Å². The van der Waals surface area contributed by atoms with Gasteiger partial charge in [0.25, 0.3) is 0 Å². The van der Waals surface area contributed by atoms with Crippen LogP contribution in [0.1, 0.15) is 45.8 Å². The van der Waals surface area contributed by atoms with Gasteiger partial charge >= 0.3 is 0 Å². The molecular formula is C16H17NO5S2. The zero-order valence-corrected chi connectivity index (χ0v) is 15.2. The van der Waals surface area contributed by atoms with E-state index in [-0.39, 0.29) is 27.1 Å². The number of rotatable bonds is 5. The molecule has 0 saturated heterocycles. The van der Waals surface area contributed by atoms with Gasteiger partial charge in [-0.2, -0.15) is 0 Å². The lowest BCUT2D eigenvalue weighted by atomic mass is 9.96. The third-order valence-corrected chi connectivity index (χ3v) is 6.52. The average Bonchev–Trinajstić information content (AvgIpc) is 3.19. The fourth-order valence-electron chi connectivity index (χ4n) is 2.89. The van der Waals surface area contributed by atoms with Crippen molar-refractivity contribution >= 4 is 26.8 Å². The topological polar surface area (TPSA) is 100 Å². The number of hydrogen-bond acceptors (Lipinski definition) is 6. The molecule has 1 aliphatic rings. The predicted octanol–water partition coefficient (Wildman–Crippen LogP) is 2.23. The molecule has 2 aromatic rings. The molecule has 1 aromatic carbocycles. The summed E-state index contributed by atoms with van der Waals surface area (Å²) in [7, 11) is -3.57. The van der Waals surface area contributed by atoms with Gasteiger partial charge in [-0.15, -0.1) is 0 Å². The van der Waals surface area contributed by atoms with E-state index in [1.807, 2.05) is 0 Å².